The average molecular weight is 651 g/mol. The van der Waals surface area contributed by atoms with Crippen molar-refractivity contribution in [3.8, 4) is 11.5 Å². The first-order chi connectivity index (χ1) is 20.4. The van der Waals surface area contributed by atoms with Crippen molar-refractivity contribution in [2.45, 2.75) is 45.3 Å². The van der Waals surface area contributed by atoms with Gasteiger partial charge in [-0.25, -0.2) is 8.42 Å². The Balaban J connectivity index is 2.12. The number of halogens is 2. The Kier molecular flexibility index (Phi) is 12.1. The van der Waals surface area contributed by atoms with E-state index in [1.165, 1.54) is 31.3 Å². The van der Waals surface area contributed by atoms with Crippen LogP contribution in [0.1, 0.15) is 31.4 Å². The van der Waals surface area contributed by atoms with Gasteiger partial charge in [-0.3, -0.25) is 13.9 Å². The molecule has 0 aromatic heterocycles. The third-order valence-electron chi connectivity index (χ3n) is 6.94. The number of benzene rings is 3. The first-order valence-electron chi connectivity index (χ1n) is 13.6. The summed E-state index contributed by atoms with van der Waals surface area (Å²) in [5, 5.41) is 3.62. The lowest BCUT2D eigenvalue weighted by Gasteiger charge is -2.34. The maximum Gasteiger partial charge on any atom is 0.244 e. The molecule has 0 saturated carbocycles. The van der Waals surface area contributed by atoms with Crippen molar-refractivity contribution >= 4 is 50.7 Å². The highest BCUT2D eigenvalue weighted by Gasteiger charge is 2.34. The van der Waals surface area contributed by atoms with Crippen LogP contribution >= 0.6 is 23.2 Å². The molecule has 232 valence electrons. The highest BCUT2D eigenvalue weighted by molar-refractivity contribution is 7.92. The number of carbonyl (C=O) groups excluding carboxylic acids is 2. The molecule has 0 fully saturated rings. The number of sulfonamides is 1. The van der Waals surface area contributed by atoms with Crippen molar-refractivity contribution in [1.29, 1.82) is 0 Å². The monoisotopic (exact) mass is 649 g/mol. The average Bonchev–Trinajstić information content (AvgIpc) is 2.98. The third-order valence-corrected chi connectivity index (χ3v) is 8.81. The number of anilines is 1. The number of methoxy groups -OCH3 is 2. The molecule has 43 heavy (non-hydrogen) atoms. The van der Waals surface area contributed by atoms with Gasteiger partial charge in [-0.2, -0.15) is 0 Å². The van der Waals surface area contributed by atoms with Crippen molar-refractivity contribution in [3.63, 3.8) is 0 Å². The van der Waals surface area contributed by atoms with E-state index in [-0.39, 0.29) is 41.4 Å². The SMILES string of the molecule is CC[C@H](C)NC(=O)[C@H](Cc1ccccc1)N(Cc1ccc(Cl)c(Cl)c1)C(=O)CN(c1ccc(OC)cc1OC)S(C)(=O)=O. The number of amides is 2. The molecule has 3 aromatic carbocycles. The molecule has 1 N–H and O–H groups in total. The van der Waals surface area contributed by atoms with Crippen molar-refractivity contribution in [2.24, 2.45) is 0 Å². The molecule has 9 nitrogen and oxygen atoms in total. The highest BCUT2D eigenvalue weighted by Crippen LogP contribution is 2.34. The van der Waals surface area contributed by atoms with E-state index in [1.54, 1.807) is 24.3 Å². The van der Waals surface area contributed by atoms with E-state index < -0.39 is 28.5 Å². The fourth-order valence-corrected chi connectivity index (χ4v) is 5.59. The van der Waals surface area contributed by atoms with Gasteiger partial charge in [0.2, 0.25) is 21.8 Å². The van der Waals surface area contributed by atoms with Crippen LogP contribution in [0.2, 0.25) is 10.0 Å². The second-order valence-corrected chi connectivity index (χ2v) is 12.8. The highest BCUT2D eigenvalue weighted by atomic mass is 35.5. The molecule has 0 aliphatic heterocycles. The topological polar surface area (TPSA) is 105 Å². The fraction of sp³-hybridized carbons (Fsp3) is 0.355. The molecular formula is C31H37Cl2N3O6S. The van der Waals surface area contributed by atoms with Gasteiger partial charge in [0.25, 0.3) is 0 Å². The van der Waals surface area contributed by atoms with Gasteiger partial charge < -0.3 is 19.7 Å². The van der Waals surface area contributed by atoms with Gasteiger partial charge in [0.1, 0.15) is 24.1 Å². The molecule has 0 unspecified atom stereocenters. The summed E-state index contributed by atoms with van der Waals surface area (Å²) in [4.78, 5) is 29.4. The maximum absolute atomic E-state index is 14.3. The van der Waals surface area contributed by atoms with Crippen LogP contribution in [0.3, 0.4) is 0 Å². The van der Waals surface area contributed by atoms with Gasteiger partial charge in [-0.05, 0) is 48.7 Å². The van der Waals surface area contributed by atoms with Crippen LogP contribution in [0.4, 0.5) is 5.69 Å². The Morgan fingerprint density at radius 1 is 0.930 bits per heavy atom. The summed E-state index contributed by atoms with van der Waals surface area (Å²) >= 11 is 12.4. The Bertz CT molecular complexity index is 1520. The van der Waals surface area contributed by atoms with E-state index in [0.29, 0.717) is 22.8 Å². The zero-order valence-corrected chi connectivity index (χ0v) is 27.2. The van der Waals surface area contributed by atoms with Gasteiger partial charge in [-0.1, -0.05) is 66.5 Å². The lowest BCUT2D eigenvalue weighted by atomic mass is 10.0. The minimum Gasteiger partial charge on any atom is -0.497 e. The zero-order valence-electron chi connectivity index (χ0n) is 24.8. The molecule has 3 rings (SSSR count). The first kappa shape index (κ1) is 34.0. The second-order valence-electron chi connectivity index (χ2n) is 10.1. The normalized spacial score (nSPS) is 12.6. The molecule has 0 bridgehead atoms. The van der Waals surface area contributed by atoms with Crippen molar-refractivity contribution in [1.82, 2.24) is 10.2 Å². The van der Waals surface area contributed by atoms with Crippen LogP contribution in [-0.4, -0.2) is 64.2 Å². The van der Waals surface area contributed by atoms with Crippen molar-refractivity contribution in [3.05, 3.63) is 87.9 Å². The standard InChI is InChI=1S/C31H37Cl2N3O6S/c1-6-21(2)34-31(38)28(17-22-10-8-7-9-11-22)35(19-23-12-14-25(32)26(33)16-23)30(37)20-36(43(5,39)40)27-15-13-24(41-3)18-29(27)42-4/h7-16,18,21,28H,6,17,19-20H2,1-5H3,(H,34,38)/t21-,28-/m0/s1. The Hall–Kier alpha value is -3.47. The number of nitrogens with zero attached hydrogens (tertiary/aromatic N) is 2. The van der Waals surface area contributed by atoms with Crippen LogP contribution in [0.25, 0.3) is 0 Å². The molecule has 0 saturated heterocycles. The quantitative estimate of drug-likeness (QED) is 0.253. The molecule has 2 amide bonds. The summed E-state index contributed by atoms with van der Waals surface area (Å²) in [7, 11) is -1.11. The maximum atomic E-state index is 14.3. The molecule has 3 aromatic rings. The molecule has 2 atom stereocenters. The van der Waals surface area contributed by atoms with E-state index in [4.69, 9.17) is 32.7 Å². The van der Waals surface area contributed by atoms with Crippen LogP contribution in [0, 0.1) is 0 Å². The number of nitrogens with one attached hydrogen (secondary N) is 1. The smallest absolute Gasteiger partial charge is 0.244 e. The molecule has 0 spiro atoms. The Morgan fingerprint density at radius 3 is 2.21 bits per heavy atom. The summed E-state index contributed by atoms with van der Waals surface area (Å²) in [6.07, 6.45) is 1.88. The van der Waals surface area contributed by atoms with Crippen molar-refractivity contribution in [2.75, 3.05) is 31.3 Å². The molecule has 12 heteroatoms. The van der Waals surface area contributed by atoms with E-state index >= 15 is 0 Å². The van der Waals surface area contributed by atoms with Crippen LogP contribution in [-0.2, 0) is 32.6 Å². The first-order valence-corrected chi connectivity index (χ1v) is 16.3. The van der Waals surface area contributed by atoms with Crippen LogP contribution in [0.5, 0.6) is 11.5 Å². The van der Waals surface area contributed by atoms with Gasteiger partial charge in [-0.15, -0.1) is 0 Å². The Morgan fingerprint density at radius 2 is 1.63 bits per heavy atom. The number of ether oxygens (including phenoxy) is 2. The summed E-state index contributed by atoms with van der Waals surface area (Å²) < 4.78 is 37.8. The van der Waals surface area contributed by atoms with E-state index in [2.05, 4.69) is 5.32 Å². The summed E-state index contributed by atoms with van der Waals surface area (Å²) in [6, 6.07) is 17.7. The van der Waals surface area contributed by atoms with Gasteiger partial charge in [0.15, 0.2) is 0 Å². The second kappa shape index (κ2) is 15.3. The zero-order chi connectivity index (χ0) is 31.7. The van der Waals surface area contributed by atoms with E-state index in [0.717, 1.165) is 16.1 Å². The predicted octanol–water partition coefficient (Wildman–Crippen LogP) is 5.33. The summed E-state index contributed by atoms with van der Waals surface area (Å²) in [6.45, 7) is 3.20. The number of hydrogen-bond donors (Lipinski definition) is 1. The predicted molar refractivity (Wildman–Crippen MR) is 171 cm³/mol. The number of rotatable bonds is 14. The van der Waals surface area contributed by atoms with Crippen molar-refractivity contribution < 1.29 is 27.5 Å². The minimum absolute atomic E-state index is 0.0293. The molecule has 0 radical (unpaired) electrons. The number of carbonyl (C=O) groups is 2. The van der Waals surface area contributed by atoms with Gasteiger partial charge in [0, 0.05) is 25.1 Å². The fourth-order valence-electron chi connectivity index (χ4n) is 4.42. The number of hydrogen-bond acceptors (Lipinski definition) is 6. The van der Waals surface area contributed by atoms with Gasteiger partial charge in [0.05, 0.1) is 36.2 Å². The lowest BCUT2D eigenvalue weighted by molar-refractivity contribution is -0.140. The minimum atomic E-state index is -3.99. The summed E-state index contributed by atoms with van der Waals surface area (Å²) in [5.41, 5.74) is 1.60. The molecule has 0 heterocycles. The van der Waals surface area contributed by atoms with Crippen LogP contribution in [0.15, 0.2) is 66.7 Å². The molecule has 0 aliphatic rings. The Labute approximate surface area is 263 Å². The molecular weight excluding hydrogens is 613 g/mol. The summed E-state index contributed by atoms with van der Waals surface area (Å²) in [5.74, 6) is -0.315. The van der Waals surface area contributed by atoms with Gasteiger partial charge >= 0.3 is 0 Å². The van der Waals surface area contributed by atoms with E-state index in [9.17, 15) is 18.0 Å². The molecule has 0 aliphatic carbocycles. The van der Waals surface area contributed by atoms with E-state index in [1.807, 2.05) is 44.2 Å². The third kappa shape index (κ3) is 9.26. The van der Waals surface area contributed by atoms with Crippen LogP contribution < -0.4 is 19.1 Å². The lowest BCUT2D eigenvalue weighted by Crippen LogP contribution is -2.54. The largest absolute Gasteiger partial charge is 0.497 e.